The summed E-state index contributed by atoms with van der Waals surface area (Å²) in [5, 5.41) is 3.26. The summed E-state index contributed by atoms with van der Waals surface area (Å²) in [5.74, 6) is 0.763. The van der Waals surface area contributed by atoms with Crippen LogP contribution in [-0.4, -0.2) is 43.6 Å². The zero-order valence-electron chi connectivity index (χ0n) is 10.8. The minimum Gasteiger partial charge on any atom is -0.365 e. The van der Waals surface area contributed by atoms with E-state index in [1.165, 1.54) is 18.7 Å². The molecule has 0 fully saturated rings. The van der Waals surface area contributed by atoms with Gasteiger partial charge in [0.15, 0.2) is 0 Å². The highest BCUT2D eigenvalue weighted by molar-refractivity contribution is 5.03. The van der Waals surface area contributed by atoms with Gasteiger partial charge in [0.25, 0.3) is 0 Å². The van der Waals surface area contributed by atoms with E-state index < -0.39 is 0 Å². The molecule has 16 heavy (non-hydrogen) atoms. The summed E-state index contributed by atoms with van der Waals surface area (Å²) in [6, 6.07) is 4.21. The average Bonchev–Trinajstić information content (AvgIpc) is 2.78. The largest absolute Gasteiger partial charge is 0.365 e. The second-order valence-electron chi connectivity index (χ2n) is 4.54. The molecular formula is C13H25N3. The maximum Gasteiger partial charge on any atom is 0.0159 e. The Balaban J connectivity index is 2.21. The van der Waals surface area contributed by atoms with Crippen molar-refractivity contribution >= 4 is 0 Å². The number of nitrogens with one attached hydrogen (secondary N) is 2. The molecule has 1 atom stereocenters. The number of rotatable bonds is 8. The van der Waals surface area contributed by atoms with Crippen molar-refractivity contribution in [1.29, 1.82) is 0 Å². The van der Waals surface area contributed by atoms with Crippen molar-refractivity contribution in [1.82, 2.24) is 15.2 Å². The smallest absolute Gasteiger partial charge is 0.0159 e. The van der Waals surface area contributed by atoms with Crippen molar-refractivity contribution in [3.8, 4) is 0 Å². The molecule has 3 heteroatoms. The number of likely N-dealkylation sites (N-methyl/N-ethyl adjacent to an activating group) is 1. The van der Waals surface area contributed by atoms with Crippen LogP contribution in [0.25, 0.3) is 0 Å². The minimum atomic E-state index is 0.763. The molecule has 1 unspecified atom stereocenters. The van der Waals surface area contributed by atoms with E-state index in [1.54, 1.807) is 0 Å². The van der Waals surface area contributed by atoms with Crippen LogP contribution in [-0.2, 0) is 6.42 Å². The van der Waals surface area contributed by atoms with E-state index in [2.05, 4.69) is 41.3 Å². The van der Waals surface area contributed by atoms with Gasteiger partial charge in [-0.1, -0.05) is 13.3 Å². The van der Waals surface area contributed by atoms with E-state index in [1.807, 2.05) is 13.2 Å². The second-order valence-corrected chi connectivity index (χ2v) is 4.54. The van der Waals surface area contributed by atoms with Crippen molar-refractivity contribution in [3.63, 3.8) is 0 Å². The Kier molecular flexibility index (Phi) is 6.19. The summed E-state index contributed by atoms with van der Waals surface area (Å²) in [7, 11) is 4.24. The first-order valence-electron chi connectivity index (χ1n) is 6.21. The average molecular weight is 223 g/mol. The summed E-state index contributed by atoms with van der Waals surface area (Å²) in [4.78, 5) is 5.67. The molecule has 1 aromatic heterocycles. The van der Waals surface area contributed by atoms with Gasteiger partial charge in [0.1, 0.15) is 0 Å². The highest BCUT2D eigenvalue weighted by Gasteiger charge is 2.08. The highest BCUT2D eigenvalue weighted by atomic mass is 15.1. The molecule has 0 bridgehead atoms. The Hall–Kier alpha value is -0.800. The molecule has 0 saturated heterocycles. The number of aromatic amines is 1. The molecule has 3 nitrogen and oxygen atoms in total. The number of hydrogen-bond acceptors (Lipinski definition) is 2. The van der Waals surface area contributed by atoms with Gasteiger partial charge in [-0.25, -0.2) is 0 Å². The Morgan fingerprint density at radius 1 is 1.50 bits per heavy atom. The van der Waals surface area contributed by atoms with Gasteiger partial charge in [-0.15, -0.1) is 0 Å². The zero-order valence-corrected chi connectivity index (χ0v) is 10.8. The van der Waals surface area contributed by atoms with Gasteiger partial charge in [-0.3, -0.25) is 0 Å². The fraction of sp³-hybridized carbons (Fsp3) is 0.692. The van der Waals surface area contributed by atoms with E-state index in [0.29, 0.717) is 0 Å². The molecular weight excluding hydrogens is 198 g/mol. The molecule has 1 rings (SSSR count). The third-order valence-electron chi connectivity index (χ3n) is 3.07. The molecule has 0 saturated carbocycles. The highest BCUT2D eigenvalue weighted by Crippen LogP contribution is 2.04. The fourth-order valence-electron chi connectivity index (χ4n) is 1.99. The lowest BCUT2D eigenvalue weighted by molar-refractivity contribution is 0.270. The first kappa shape index (κ1) is 13.3. The molecule has 0 aromatic carbocycles. The lowest BCUT2D eigenvalue weighted by Crippen LogP contribution is -2.32. The van der Waals surface area contributed by atoms with Crippen LogP contribution < -0.4 is 5.32 Å². The molecule has 0 aliphatic rings. The maximum atomic E-state index is 3.26. The molecule has 0 spiro atoms. The van der Waals surface area contributed by atoms with Gasteiger partial charge in [0.2, 0.25) is 0 Å². The molecule has 0 aliphatic carbocycles. The van der Waals surface area contributed by atoms with Gasteiger partial charge < -0.3 is 15.2 Å². The third kappa shape index (κ3) is 4.81. The summed E-state index contributed by atoms with van der Waals surface area (Å²) in [6.07, 6.45) is 4.35. The Labute approximate surface area is 99.2 Å². The normalized spacial score (nSPS) is 13.2. The molecule has 2 N–H and O–H groups in total. The predicted octanol–water partition coefficient (Wildman–Crippen LogP) is 1.73. The van der Waals surface area contributed by atoms with Gasteiger partial charge in [0, 0.05) is 31.4 Å². The van der Waals surface area contributed by atoms with Crippen LogP contribution in [0.2, 0.25) is 0 Å². The van der Waals surface area contributed by atoms with Crippen molar-refractivity contribution < 1.29 is 0 Å². The molecule has 0 radical (unpaired) electrons. The lowest BCUT2D eigenvalue weighted by atomic mass is 10.1. The van der Waals surface area contributed by atoms with Crippen molar-refractivity contribution in [3.05, 3.63) is 24.0 Å². The van der Waals surface area contributed by atoms with Gasteiger partial charge in [0.05, 0.1) is 0 Å². The Morgan fingerprint density at radius 3 is 2.88 bits per heavy atom. The first-order valence-corrected chi connectivity index (χ1v) is 6.21. The third-order valence-corrected chi connectivity index (χ3v) is 3.07. The monoisotopic (exact) mass is 223 g/mol. The number of hydrogen-bond donors (Lipinski definition) is 2. The molecule has 92 valence electrons. The second kappa shape index (κ2) is 7.47. The topological polar surface area (TPSA) is 31.1 Å². The summed E-state index contributed by atoms with van der Waals surface area (Å²) in [6.45, 7) is 5.68. The van der Waals surface area contributed by atoms with Crippen molar-refractivity contribution in [2.24, 2.45) is 5.92 Å². The molecule has 0 aliphatic heterocycles. The number of nitrogens with zero attached hydrogens (tertiary/aromatic N) is 1. The van der Waals surface area contributed by atoms with E-state index >= 15 is 0 Å². The molecule has 1 aromatic rings. The van der Waals surface area contributed by atoms with E-state index in [9.17, 15) is 0 Å². The van der Waals surface area contributed by atoms with E-state index in [-0.39, 0.29) is 0 Å². The summed E-state index contributed by atoms with van der Waals surface area (Å²) < 4.78 is 0. The minimum absolute atomic E-state index is 0.763. The quantitative estimate of drug-likeness (QED) is 0.703. The van der Waals surface area contributed by atoms with Crippen molar-refractivity contribution in [2.45, 2.75) is 19.8 Å². The predicted molar refractivity (Wildman–Crippen MR) is 69.7 cm³/mol. The first-order chi connectivity index (χ1) is 7.76. The Morgan fingerprint density at radius 2 is 2.31 bits per heavy atom. The standard InChI is InChI=1S/C13H25N3/c1-4-12(10-14-2)11-16(3)9-7-13-6-5-8-15-13/h5-6,8,12,14-15H,4,7,9-11H2,1-3H3. The van der Waals surface area contributed by atoms with Gasteiger partial charge in [-0.05, 0) is 38.7 Å². The van der Waals surface area contributed by atoms with Gasteiger partial charge >= 0.3 is 0 Å². The van der Waals surface area contributed by atoms with Crippen LogP contribution >= 0.6 is 0 Å². The van der Waals surface area contributed by atoms with E-state index in [4.69, 9.17) is 0 Å². The van der Waals surface area contributed by atoms with Crippen LogP contribution in [0.3, 0.4) is 0 Å². The Bertz CT molecular complexity index is 256. The van der Waals surface area contributed by atoms with Crippen LogP contribution in [0.5, 0.6) is 0 Å². The van der Waals surface area contributed by atoms with Crippen LogP contribution in [0.15, 0.2) is 18.3 Å². The lowest BCUT2D eigenvalue weighted by Gasteiger charge is -2.22. The van der Waals surface area contributed by atoms with Crippen LogP contribution in [0.4, 0.5) is 0 Å². The fourth-order valence-corrected chi connectivity index (χ4v) is 1.99. The summed E-state index contributed by atoms with van der Waals surface area (Å²) in [5.41, 5.74) is 1.33. The maximum absolute atomic E-state index is 3.26. The summed E-state index contributed by atoms with van der Waals surface area (Å²) >= 11 is 0. The van der Waals surface area contributed by atoms with Gasteiger partial charge in [-0.2, -0.15) is 0 Å². The van der Waals surface area contributed by atoms with Crippen LogP contribution in [0, 0.1) is 5.92 Å². The van der Waals surface area contributed by atoms with E-state index in [0.717, 1.165) is 25.4 Å². The SMILES string of the molecule is CCC(CNC)CN(C)CCc1ccc[nH]1. The number of H-pyrrole nitrogens is 1. The molecule has 0 amide bonds. The van der Waals surface area contributed by atoms with Crippen molar-refractivity contribution in [2.75, 3.05) is 33.7 Å². The number of aromatic nitrogens is 1. The molecule has 1 heterocycles. The van der Waals surface area contributed by atoms with Crippen LogP contribution in [0.1, 0.15) is 19.0 Å². The zero-order chi connectivity index (χ0) is 11.8.